The predicted molar refractivity (Wildman–Crippen MR) is 88.9 cm³/mol. The predicted octanol–water partition coefficient (Wildman–Crippen LogP) is 3.97. The van der Waals surface area contributed by atoms with Crippen molar-refractivity contribution in [3.8, 4) is 11.5 Å². The molecule has 0 unspecified atom stereocenters. The fourth-order valence-electron chi connectivity index (χ4n) is 2.22. The lowest BCUT2D eigenvalue weighted by atomic mass is 10.1. The smallest absolute Gasteiger partial charge is 0.146 e. The molecule has 1 aromatic heterocycles. The molecule has 4 heteroatoms. The van der Waals surface area contributed by atoms with Gasteiger partial charge in [0.2, 0.25) is 0 Å². The van der Waals surface area contributed by atoms with Crippen molar-refractivity contribution in [3.63, 3.8) is 0 Å². The number of fused-ring (bicyclic) bond motifs is 1. The summed E-state index contributed by atoms with van der Waals surface area (Å²) in [6, 6.07) is 15.6. The number of ether oxygens (including phenoxy) is 1. The topological polar surface area (TPSA) is 48.1 Å². The van der Waals surface area contributed by atoms with Gasteiger partial charge in [-0.3, -0.25) is 4.98 Å². The molecular weight excluding hydrogens is 280 g/mol. The van der Waals surface area contributed by atoms with Gasteiger partial charge in [0.05, 0.1) is 11.7 Å². The molecule has 3 rings (SSSR count). The fraction of sp³-hybridized carbons (Fsp3) is 0.0588. The van der Waals surface area contributed by atoms with Crippen molar-refractivity contribution in [1.82, 2.24) is 4.98 Å². The Morgan fingerprint density at radius 2 is 1.90 bits per heavy atom. The zero-order valence-electron chi connectivity index (χ0n) is 11.5. The summed E-state index contributed by atoms with van der Waals surface area (Å²) in [4.78, 5) is 4.77. The highest BCUT2D eigenvalue weighted by Gasteiger charge is 2.05. The highest BCUT2D eigenvalue weighted by molar-refractivity contribution is 7.80. The van der Waals surface area contributed by atoms with Crippen LogP contribution in [0.2, 0.25) is 0 Å². The van der Waals surface area contributed by atoms with E-state index in [1.165, 1.54) is 0 Å². The maximum Gasteiger partial charge on any atom is 0.146 e. The summed E-state index contributed by atoms with van der Waals surface area (Å²) in [7, 11) is 0. The molecule has 2 N–H and O–H groups in total. The molecule has 104 valence electrons. The Hall–Kier alpha value is -2.46. The largest absolute Gasteiger partial charge is 0.456 e. The van der Waals surface area contributed by atoms with E-state index in [1.807, 2.05) is 55.5 Å². The van der Waals surface area contributed by atoms with Crippen LogP contribution in [0.25, 0.3) is 10.9 Å². The molecule has 2 aromatic carbocycles. The van der Waals surface area contributed by atoms with Crippen molar-refractivity contribution in [2.24, 2.45) is 5.73 Å². The Balaban J connectivity index is 1.91. The first kappa shape index (κ1) is 13.5. The summed E-state index contributed by atoms with van der Waals surface area (Å²) in [6.07, 6.45) is 1.72. The van der Waals surface area contributed by atoms with E-state index in [0.717, 1.165) is 27.8 Å². The van der Waals surface area contributed by atoms with Gasteiger partial charge in [0, 0.05) is 10.9 Å². The number of nitrogens with two attached hydrogens (primary N) is 1. The number of aromatic nitrogens is 1. The lowest BCUT2D eigenvalue weighted by Gasteiger charge is -2.09. The minimum absolute atomic E-state index is 0.395. The van der Waals surface area contributed by atoms with Gasteiger partial charge in [-0.05, 0) is 42.8 Å². The Kier molecular flexibility index (Phi) is 3.54. The Morgan fingerprint density at radius 1 is 1.10 bits per heavy atom. The molecule has 0 fully saturated rings. The van der Waals surface area contributed by atoms with E-state index in [0.29, 0.717) is 10.7 Å². The summed E-state index contributed by atoms with van der Waals surface area (Å²) in [5, 5.41) is 1.05. The maximum atomic E-state index is 5.86. The molecule has 21 heavy (non-hydrogen) atoms. The third-order valence-corrected chi connectivity index (χ3v) is 3.48. The Bertz CT molecular complexity index is 830. The van der Waals surface area contributed by atoms with E-state index in [4.69, 9.17) is 22.7 Å². The second-order valence-corrected chi connectivity index (χ2v) is 5.25. The maximum absolute atomic E-state index is 5.86. The monoisotopic (exact) mass is 294 g/mol. The number of aryl methyl sites for hydroxylation is 1. The first-order valence-electron chi connectivity index (χ1n) is 6.56. The van der Waals surface area contributed by atoms with Gasteiger partial charge in [-0.25, -0.2) is 0 Å². The number of nitrogens with zero attached hydrogens (tertiary/aromatic N) is 1. The summed E-state index contributed by atoms with van der Waals surface area (Å²) >= 11 is 5.00. The SMILES string of the molecule is Cc1cc(Oc2cnc3ccccc3c2)ccc1C(N)=S. The van der Waals surface area contributed by atoms with Gasteiger partial charge in [-0.15, -0.1) is 0 Å². The van der Waals surface area contributed by atoms with E-state index >= 15 is 0 Å². The van der Waals surface area contributed by atoms with Crippen molar-refractivity contribution in [2.45, 2.75) is 6.92 Å². The second-order valence-electron chi connectivity index (χ2n) is 4.81. The molecule has 0 aliphatic carbocycles. The van der Waals surface area contributed by atoms with Crippen LogP contribution in [0.3, 0.4) is 0 Å². The van der Waals surface area contributed by atoms with E-state index in [9.17, 15) is 0 Å². The van der Waals surface area contributed by atoms with Crippen LogP contribution >= 0.6 is 12.2 Å². The van der Waals surface area contributed by atoms with Gasteiger partial charge >= 0.3 is 0 Å². The zero-order valence-corrected chi connectivity index (χ0v) is 12.4. The summed E-state index contributed by atoms with van der Waals surface area (Å²) in [5.41, 5.74) is 8.47. The quantitative estimate of drug-likeness (QED) is 0.743. The minimum atomic E-state index is 0.395. The molecule has 0 spiro atoms. The lowest BCUT2D eigenvalue weighted by molar-refractivity contribution is 0.481. The van der Waals surface area contributed by atoms with Crippen LogP contribution in [0.1, 0.15) is 11.1 Å². The number of pyridine rings is 1. The summed E-state index contributed by atoms with van der Waals surface area (Å²) in [5.74, 6) is 1.45. The normalized spacial score (nSPS) is 10.5. The molecule has 0 bridgehead atoms. The highest BCUT2D eigenvalue weighted by atomic mass is 32.1. The molecule has 3 aromatic rings. The summed E-state index contributed by atoms with van der Waals surface area (Å²) < 4.78 is 5.86. The van der Waals surface area contributed by atoms with E-state index in [-0.39, 0.29) is 0 Å². The molecule has 0 saturated heterocycles. The van der Waals surface area contributed by atoms with Crippen LogP contribution in [0.4, 0.5) is 0 Å². The average Bonchev–Trinajstić information content (AvgIpc) is 2.47. The lowest BCUT2D eigenvalue weighted by Crippen LogP contribution is -2.10. The Labute approximate surface area is 128 Å². The molecule has 0 saturated carbocycles. The minimum Gasteiger partial charge on any atom is -0.456 e. The van der Waals surface area contributed by atoms with Crippen molar-refractivity contribution < 1.29 is 4.74 Å². The third kappa shape index (κ3) is 2.85. The van der Waals surface area contributed by atoms with Gasteiger partial charge in [-0.2, -0.15) is 0 Å². The van der Waals surface area contributed by atoms with Crippen LogP contribution in [0.15, 0.2) is 54.7 Å². The fourth-order valence-corrected chi connectivity index (χ4v) is 2.45. The molecule has 0 radical (unpaired) electrons. The van der Waals surface area contributed by atoms with Crippen molar-refractivity contribution in [1.29, 1.82) is 0 Å². The van der Waals surface area contributed by atoms with Crippen molar-refractivity contribution in [3.05, 3.63) is 65.9 Å². The molecule has 1 heterocycles. The number of para-hydroxylation sites is 1. The number of benzene rings is 2. The third-order valence-electron chi connectivity index (χ3n) is 3.26. The van der Waals surface area contributed by atoms with Crippen LogP contribution in [0.5, 0.6) is 11.5 Å². The standard InChI is InChI=1S/C17H14N2OS/c1-11-8-13(6-7-15(11)17(18)21)20-14-9-12-4-2-3-5-16(12)19-10-14/h2-10H,1H3,(H2,18,21). The van der Waals surface area contributed by atoms with Crippen LogP contribution in [-0.4, -0.2) is 9.97 Å². The van der Waals surface area contributed by atoms with Gasteiger partial charge in [0.25, 0.3) is 0 Å². The van der Waals surface area contributed by atoms with Crippen molar-refractivity contribution in [2.75, 3.05) is 0 Å². The van der Waals surface area contributed by atoms with Crippen LogP contribution in [0, 0.1) is 6.92 Å². The first-order chi connectivity index (χ1) is 10.1. The average molecular weight is 294 g/mol. The van der Waals surface area contributed by atoms with Crippen molar-refractivity contribution >= 4 is 28.1 Å². The number of thiocarbonyl (C=S) groups is 1. The number of hydrogen-bond acceptors (Lipinski definition) is 3. The van der Waals surface area contributed by atoms with Crippen LogP contribution in [-0.2, 0) is 0 Å². The van der Waals surface area contributed by atoms with E-state index < -0.39 is 0 Å². The molecule has 0 amide bonds. The van der Waals surface area contributed by atoms with Gasteiger partial charge in [-0.1, -0.05) is 30.4 Å². The number of rotatable bonds is 3. The molecule has 0 aliphatic rings. The van der Waals surface area contributed by atoms with Gasteiger partial charge in [0.15, 0.2) is 0 Å². The van der Waals surface area contributed by atoms with E-state index in [1.54, 1.807) is 6.20 Å². The number of hydrogen-bond donors (Lipinski definition) is 1. The summed E-state index contributed by atoms with van der Waals surface area (Å²) in [6.45, 7) is 1.96. The molecule has 0 aliphatic heterocycles. The zero-order chi connectivity index (χ0) is 14.8. The van der Waals surface area contributed by atoms with E-state index in [2.05, 4.69) is 4.98 Å². The van der Waals surface area contributed by atoms with Crippen LogP contribution < -0.4 is 10.5 Å². The highest BCUT2D eigenvalue weighted by Crippen LogP contribution is 2.25. The molecular formula is C17H14N2OS. The molecule has 0 atom stereocenters. The van der Waals surface area contributed by atoms with Gasteiger partial charge in [0.1, 0.15) is 16.5 Å². The molecule has 3 nitrogen and oxygen atoms in total. The second kappa shape index (κ2) is 5.50. The first-order valence-corrected chi connectivity index (χ1v) is 6.97. The van der Waals surface area contributed by atoms with Gasteiger partial charge < -0.3 is 10.5 Å². The Morgan fingerprint density at radius 3 is 2.67 bits per heavy atom.